The van der Waals surface area contributed by atoms with E-state index in [4.69, 9.17) is 4.74 Å². The van der Waals surface area contributed by atoms with Gasteiger partial charge in [-0.05, 0) is 39.7 Å². The number of nitrogens with one attached hydrogen (secondary N) is 1. The summed E-state index contributed by atoms with van der Waals surface area (Å²) in [5.41, 5.74) is 1.78. The Kier molecular flexibility index (Phi) is 5.76. The number of hydrogen-bond acceptors (Lipinski definition) is 4. The summed E-state index contributed by atoms with van der Waals surface area (Å²) in [5.74, 6) is 0.643. The molecule has 0 radical (unpaired) electrons. The Hall–Kier alpha value is -1.64. The molecule has 1 saturated heterocycles. The highest BCUT2D eigenvalue weighted by Gasteiger charge is 2.37. The summed E-state index contributed by atoms with van der Waals surface area (Å²) in [6.45, 7) is 6.82. The first-order valence-electron chi connectivity index (χ1n) is 9.77. The van der Waals surface area contributed by atoms with Crippen molar-refractivity contribution in [3.8, 4) is 5.75 Å². The molecule has 1 atom stereocenters. The lowest BCUT2D eigenvalue weighted by Gasteiger charge is -2.39. The van der Waals surface area contributed by atoms with Crippen LogP contribution in [0, 0.1) is 12.8 Å². The summed E-state index contributed by atoms with van der Waals surface area (Å²) in [5, 5.41) is 3.21. The molecule has 0 unspecified atom stereocenters. The highest BCUT2D eigenvalue weighted by Crippen LogP contribution is 2.40. The van der Waals surface area contributed by atoms with Crippen LogP contribution in [0.5, 0.6) is 5.75 Å². The molecule has 1 amide bonds. The molecule has 2 aliphatic rings. The molecule has 8 heteroatoms. The molecular weight excluding hydrogens is 378 g/mol. The van der Waals surface area contributed by atoms with Gasteiger partial charge in [0.1, 0.15) is 11.4 Å². The van der Waals surface area contributed by atoms with E-state index in [1.807, 2.05) is 32.9 Å². The molecule has 2 heterocycles. The van der Waals surface area contributed by atoms with Crippen molar-refractivity contribution in [1.82, 2.24) is 13.9 Å². The normalized spacial score (nSPS) is 23.1. The second-order valence-electron chi connectivity index (χ2n) is 8.63. The van der Waals surface area contributed by atoms with Gasteiger partial charge in [-0.3, -0.25) is 4.79 Å². The zero-order valence-corrected chi connectivity index (χ0v) is 18.2. The lowest BCUT2D eigenvalue weighted by molar-refractivity contribution is -0.127. The maximum Gasteiger partial charge on any atom is 0.281 e. The number of fused-ring (bicyclic) bond motifs is 1. The van der Waals surface area contributed by atoms with Crippen molar-refractivity contribution in [2.24, 2.45) is 5.92 Å². The van der Waals surface area contributed by atoms with Crippen LogP contribution in [0.25, 0.3) is 0 Å². The standard InChI is InChI=1S/C20H31N3O4S/c1-14-6-7-18-16(12-14)17(13-20(2,3)27-18)21-19(24)15-8-10-23(11-9-15)28(25,26)22(4)5/h6-7,12,15,17H,8-11,13H2,1-5H3,(H,21,24)/t17-/m1/s1. The van der Waals surface area contributed by atoms with Crippen LogP contribution in [0.15, 0.2) is 18.2 Å². The molecule has 2 aliphatic heterocycles. The van der Waals surface area contributed by atoms with Gasteiger partial charge in [0.05, 0.1) is 6.04 Å². The fourth-order valence-electron chi connectivity index (χ4n) is 3.97. The summed E-state index contributed by atoms with van der Waals surface area (Å²) in [4.78, 5) is 12.9. The van der Waals surface area contributed by atoms with E-state index in [9.17, 15) is 13.2 Å². The summed E-state index contributed by atoms with van der Waals surface area (Å²) in [6.07, 6.45) is 1.77. The third kappa shape index (κ3) is 4.34. The van der Waals surface area contributed by atoms with Gasteiger partial charge in [0.15, 0.2) is 0 Å². The van der Waals surface area contributed by atoms with Crippen molar-refractivity contribution < 1.29 is 17.9 Å². The average molecular weight is 410 g/mol. The Balaban J connectivity index is 1.68. The van der Waals surface area contributed by atoms with E-state index in [1.54, 1.807) is 0 Å². The fourth-order valence-corrected chi connectivity index (χ4v) is 5.11. The Morgan fingerprint density at radius 2 is 1.89 bits per heavy atom. The number of carbonyl (C=O) groups excluding carboxylic acids is 1. The van der Waals surface area contributed by atoms with E-state index in [2.05, 4.69) is 11.4 Å². The molecule has 28 heavy (non-hydrogen) atoms. The van der Waals surface area contributed by atoms with E-state index in [0.29, 0.717) is 32.4 Å². The summed E-state index contributed by atoms with van der Waals surface area (Å²) < 4.78 is 33.3. The van der Waals surface area contributed by atoms with Crippen molar-refractivity contribution in [3.05, 3.63) is 29.3 Å². The van der Waals surface area contributed by atoms with E-state index >= 15 is 0 Å². The van der Waals surface area contributed by atoms with Gasteiger partial charge < -0.3 is 10.1 Å². The van der Waals surface area contributed by atoms with Crippen molar-refractivity contribution >= 4 is 16.1 Å². The van der Waals surface area contributed by atoms with Gasteiger partial charge in [0, 0.05) is 45.1 Å². The summed E-state index contributed by atoms with van der Waals surface area (Å²) in [7, 11) is -0.362. The number of nitrogens with zero attached hydrogens (tertiary/aromatic N) is 2. The minimum absolute atomic E-state index is 0.00272. The van der Waals surface area contributed by atoms with Gasteiger partial charge in [-0.1, -0.05) is 17.7 Å². The molecule has 156 valence electrons. The SMILES string of the molecule is Cc1ccc2c(c1)[C@H](NC(=O)C1CCN(S(=O)(=O)N(C)C)CC1)CC(C)(C)O2. The number of amides is 1. The molecule has 0 spiro atoms. The Labute approximate surface area is 168 Å². The van der Waals surface area contributed by atoms with Gasteiger partial charge in [-0.15, -0.1) is 0 Å². The molecule has 0 bridgehead atoms. The Morgan fingerprint density at radius 1 is 1.25 bits per heavy atom. The molecule has 1 aromatic rings. The van der Waals surface area contributed by atoms with Gasteiger partial charge in [0.2, 0.25) is 5.91 Å². The van der Waals surface area contributed by atoms with Crippen LogP contribution in [0.2, 0.25) is 0 Å². The second kappa shape index (κ2) is 7.65. The van der Waals surface area contributed by atoms with E-state index in [-0.39, 0.29) is 23.5 Å². The van der Waals surface area contributed by atoms with Gasteiger partial charge in [0.25, 0.3) is 10.2 Å². The smallest absolute Gasteiger partial charge is 0.281 e. The maximum atomic E-state index is 12.9. The fraction of sp³-hybridized carbons (Fsp3) is 0.650. The highest BCUT2D eigenvalue weighted by atomic mass is 32.2. The van der Waals surface area contributed by atoms with Crippen LogP contribution >= 0.6 is 0 Å². The zero-order valence-electron chi connectivity index (χ0n) is 17.4. The summed E-state index contributed by atoms with van der Waals surface area (Å²) in [6, 6.07) is 5.95. The predicted octanol–water partition coefficient (Wildman–Crippen LogP) is 2.23. The molecule has 1 aromatic carbocycles. The molecule has 0 aliphatic carbocycles. The third-order valence-corrected chi connectivity index (χ3v) is 7.49. The number of hydrogen-bond donors (Lipinski definition) is 1. The van der Waals surface area contributed by atoms with Gasteiger partial charge in [-0.25, -0.2) is 0 Å². The molecule has 0 saturated carbocycles. The van der Waals surface area contributed by atoms with Crippen molar-refractivity contribution in [2.75, 3.05) is 27.2 Å². The quantitative estimate of drug-likeness (QED) is 0.827. The number of aryl methyl sites for hydroxylation is 1. The largest absolute Gasteiger partial charge is 0.487 e. The number of ether oxygens (including phenoxy) is 1. The monoisotopic (exact) mass is 409 g/mol. The van der Waals surface area contributed by atoms with E-state index in [1.165, 1.54) is 22.7 Å². The second-order valence-corrected chi connectivity index (χ2v) is 10.8. The first-order valence-corrected chi connectivity index (χ1v) is 11.2. The van der Waals surface area contributed by atoms with E-state index < -0.39 is 10.2 Å². The predicted molar refractivity (Wildman–Crippen MR) is 108 cm³/mol. The van der Waals surface area contributed by atoms with Crippen molar-refractivity contribution in [1.29, 1.82) is 0 Å². The van der Waals surface area contributed by atoms with Crippen LogP contribution in [0.1, 0.15) is 50.3 Å². The molecule has 1 N–H and O–H groups in total. The third-order valence-electron chi connectivity index (χ3n) is 5.55. The van der Waals surface area contributed by atoms with Gasteiger partial charge in [-0.2, -0.15) is 17.0 Å². The number of carbonyl (C=O) groups is 1. The topological polar surface area (TPSA) is 79.0 Å². The zero-order chi connectivity index (χ0) is 20.7. The Morgan fingerprint density at radius 3 is 2.50 bits per heavy atom. The van der Waals surface area contributed by atoms with E-state index in [0.717, 1.165) is 16.9 Å². The van der Waals surface area contributed by atoms with Gasteiger partial charge >= 0.3 is 0 Å². The lowest BCUT2D eigenvalue weighted by Crippen LogP contribution is -2.48. The number of rotatable bonds is 4. The molecule has 3 rings (SSSR count). The Bertz CT molecular complexity index is 843. The molecule has 0 aromatic heterocycles. The van der Waals surface area contributed by atoms with Crippen LogP contribution < -0.4 is 10.1 Å². The molecule has 7 nitrogen and oxygen atoms in total. The maximum absolute atomic E-state index is 12.9. The minimum Gasteiger partial charge on any atom is -0.487 e. The lowest BCUT2D eigenvalue weighted by atomic mass is 9.88. The van der Waals surface area contributed by atoms with Crippen LogP contribution in [-0.2, 0) is 15.0 Å². The first-order chi connectivity index (χ1) is 13.0. The highest BCUT2D eigenvalue weighted by molar-refractivity contribution is 7.86. The summed E-state index contributed by atoms with van der Waals surface area (Å²) >= 11 is 0. The van der Waals surface area contributed by atoms with Crippen molar-refractivity contribution in [3.63, 3.8) is 0 Å². The average Bonchev–Trinajstić information content (AvgIpc) is 2.61. The number of piperidine rings is 1. The first kappa shape index (κ1) is 21.1. The van der Waals surface area contributed by atoms with Crippen LogP contribution in [0.4, 0.5) is 0 Å². The number of benzene rings is 1. The van der Waals surface area contributed by atoms with Crippen LogP contribution in [0.3, 0.4) is 0 Å². The van der Waals surface area contributed by atoms with Crippen LogP contribution in [-0.4, -0.2) is 55.7 Å². The molecule has 1 fully saturated rings. The van der Waals surface area contributed by atoms with Crippen molar-refractivity contribution in [2.45, 2.75) is 51.7 Å². The molecular formula is C20H31N3O4S. The minimum atomic E-state index is -3.42.